The average Bonchev–Trinajstić information content (AvgIpc) is 2.95. The molecule has 1 saturated heterocycles. The van der Waals surface area contributed by atoms with Crippen LogP contribution >= 0.6 is 0 Å². The molecule has 1 aliphatic heterocycles. The van der Waals surface area contributed by atoms with E-state index in [-0.39, 0.29) is 39.1 Å². The topological polar surface area (TPSA) is 137 Å². The van der Waals surface area contributed by atoms with Crippen molar-refractivity contribution in [3.63, 3.8) is 0 Å². The van der Waals surface area contributed by atoms with Crippen LogP contribution in [-0.2, 0) is 14.3 Å². The van der Waals surface area contributed by atoms with Gasteiger partial charge in [-0.05, 0) is 109 Å². The Labute approximate surface area is 263 Å². The molecule has 6 rings (SSSR count). The van der Waals surface area contributed by atoms with E-state index in [9.17, 15) is 30.3 Å². The lowest BCUT2D eigenvalue weighted by Crippen LogP contribution is -2.65. The Morgan fingerprint density at radius 3 is 2.23 bits per heavy atom. The molecule has 250 valence electrons. The Balaban J connectivity index is 1.35. The molecular formula is C36H58O8. The van der Waals surface area contributed by atoms with Crippen molar-refractivity contribution in [2.45, 2.75) is 149 Å². The van der Waals surface area contributed by atoms with E-state index in [1.54, 1.807) is 0 Å². The Morgan fingerprint density at radius 1 is 0.864 bits per heavy atom. The number of rotatable bonds is 3. The van der Waals surface area contributed by atoms with Crippen molar-refractivity contribution in [2.75, 3.05) is 6.61 Å². The number of allylic oxidation sites excluding steroid dienone is 2. The number of hydrogen-bond acceptors (Lipinski definition) is 8. The van der Waals surface area contributed by atoms with Crippen LogP contribution in [0.1, 0.15) is 113 Å². The van der Waals surface area contributed by atoms with E-state index >= 15 is 0 Å². The maximum absolute atomic E-state index is 14.4. The van der Waals surface area contributed by atoms with Gasteiger partial charge in [0.1, 0.15) is 24.4 Å². The van der Waals surface area contributed by atoms with Crippen molar-refractivity contribution in [3.05, 3.63) is 11.6 Å². The first-order chi connectivity index (χ1) is 20.4. The zero-order valence-electron chi connectivity index (χ0n) is 28.0. The van der Waals surface area contributed by atoms with Gasteiger partial charge in [-0.3, -0.25) is 4.79 Å². The molecule has 0 amide bonds. The highest BCUT2D eigenvalue weighted by Gasteiger charge is 2.69. The van der Waals surface area contributed by atoms with Crippen LogP contribution in [0.5, 0.6) is 0 Å². The van der Waals surface area contributed by atoms with Gasteiger partial charge >= 0.3 is 5.97 Å². The summed E-state index contributed by atoms with van der Waals surface area (Å²) >= 11 is 0. The molecule has 0 aromatic heterocycles. The summed E-state index contributed by atoms with van der Waals surface area (Å²) < 4.78 is 11.6. The first kappa shape index (κ1) is 32.9. The van der Waals surface area contributed by atoms with Gasteiger partial charge in [0.25, 0.3) is 0 Å². The summed E-state index contributed by atoms with van der Waals surface area (Å²) in [6, 6.07) is 0. The van der Waals surface area contributed by atoms with Gasteiger partial charge < -0.3 is 35.0 Å². The number of ether oxygens (including phenoxy) is 2. The minimum Gasteiger partial charge on any atom is -0.432 e. The Morgan fingerprint density at radius 2 is 1.55 bits per heavy atom. The molecule has 13 atom stereocenters. The third kappa shape index (κ3) is 4.40. The van der Waals surface area contributed by atoms with Crippen LogP contribution in [-0.4, -0.2) is 74.9 Å². The third-order valence-electron chi connectivity index (χ3n) is 15.1. The highest BCUT2D eigenvalue weighted by Crippen LogP contribution is 2.75. The number of carbonyl (C=O) groups excluding carboxylic acids is 1. The molecule has 5 aliphatic carbocycles. The minimum absolute atomic E-state index is 0.00434. The van der Waals surface area contributed by atoms with E-state index in [0.29, 0.717) is 24.7 Å². The number of hydrogen-bond donors (Lipinski definition) is 5. The summed E-state index contributed by atoms with van der Waals surface area (Å²) in [5.41, 5.74) is 0.719. The molecule has 8 heteroatoms. The highest BCUT2D eigenvalue weighted by molar-refractivity contribution is 5.79. The van der Waals surface area contributed by atoms with Crippen molar-refractivity contribution in [1.29, 1.82) is 0 Å². The zero-order chi connectivity index (χ0) is 32.3. The van der Waals surface area contributed by atoms with E-state index < -0.39 is 48.7 Å². The molecule has 0 spiro atoms. The lowest BCUT2D eigenvalue weighted by Gasteiger charge is -2.71. The van der Waals surface area contributed by atoms with Gasteiger partial charge in [0, 0.05) is 0 Å². The molecule has 6 aliphatic rings. The number of aliphatic hydroxyl groups is 5. The molecule has 44 heavy (non-hydrogen) atoms. The monoisotopic (exact) mass is 618 g/mol. The predicted octanol–water partition coefficient (Wildman–Crippen LogP) is 4.49. The smallest absolute Gasteiger partial charge is 0.315 e. The van der Waals surface area contributed by atoms with E-state index in [1.807, 2.05) is 0 Å². The SMILES string of the molecule is CC1(C)CC[C@]2(C(=O)O[C@@H]3O[C@H](CO)[C@@H](O)[C@H](O)[C@H]3O)CC[C@]3(C)C(=CC[C@H]4[C@@]5(C)CC[C@H](O)C(C)(C)[C@@H]5CC[C@]43C)[C@@H]2C1. The molecule has 0 aromatic carbocycles. The van der Waals surface area contributed by atoms with Crippen LogP contribution in [0.4, 0.5) is 0 Å². The van der Waals surface area contributed by atoms with Crippen LogP contribution < -0.4 is 0 Å². The van der Waals surface area contributed by atoms with E-state index in [1.165, 1.54) is 5.57 Å². The second kappa shape index (κ2) is 10.5. The molecule has 0 aromatic rings. The molecule has 0 radical (unpaired) electrons. The Kier molecular flexibility index (Phi) is 7.84. The number of carbonyl (C=O) groups is 1. The highest BCUT2D eigenvalue weighted by atomic mass is 16.7. The largest absolute Gasteiger partial charge is 0.432 e. The lowest BCUT2D eigenvalue weighted by molar-refractivity contribution is -0.297. The van der Waals surface area contributed by atoms with Crippen molar-refractivity contribution in [3.8, 4) is 0 Å². The van der Waals surface area contributed by atoms with Crippen molar-refractivity contribution in [2.24, 2.45) is 50.2 Å². The van der Waals surface area contributed by atoms with Gasteiger partial charge in [0.05, 0.1) is 18.1 Å². The molecule has 8 nitrogen and oxygen atoms in total. The summed E-state index contributed by atoms with van der Waals surface area (Å²) in [5.74, 6) is 0.561. The van der Waals surface area contributed by atoms with Crippen LogP contribution in [0.2, 0.25) is 0 Å². The minimum atomic E-state index is -1.61. The average molecular weight is 619 g/mol. The number of esters is 1. The molecular weight excluding hydrogens is 560 g/mol. The summed E-state index contributed by atoms with van der Waals surface area (Å²) in [4.78, 5) is 14.4. The summed E-state index contributed by atoms with van der Waals surface area (Å²) in [6.45, 7) is 16.1. The predicted molar refractivity (Wildman–Crippen MR) is 165 cm³/mol. The van der Waals surface area contributed by atoms with Crippen LogP contribution in [0.3, 0.4) is 0 Å². The van der Waals surface area contributed by atoms with Gasteiger partial charge in [0.2, 0.25) is 6.29 Å². The maximum atomic E-state index is 14.4. The molecule has 4 saturated carbocycles. The standard InChI is InChI=1S/C36H58O8/c1-31(2)14-16-36(30(42)44-29-28(41)27(40)26(39)22(19-37)43-29)17-15-34(6)20(21(36)18-31)8-9-24-33(5)12-11-25(38)32(3,4)23(33)10-13-35(24,34)7/h8,21-29,37-41H,9-19H2,1-7H3/t21-,22+,23-,24-,25-,26+,27-,28+,29-,33-,34+,35+,36-/m0/s1. The maximum Gasteiger partial charge on any atom is 0.315 e. The third-order valence-corrected chi connectivity index (χ3v) is 15.1. The second-order valence-electron chi connectivity index (χ2n) is 17.8. The van der Waals surface area contributed by atoms with Gasteiger partial charge in [-0.2, -0.15) is 0 Å². The van der Waals surface area contributed by atoms with Gasteiger partial charge in [-0.15, -0.1) is 0 Å². The van der Waals surface area contributed by atoms with Crippen LogP contribution in [0.25, 0.3) is 0 Å². The summed E-state index contributed by atoms with van der Waals surface area (Å²) in [7, 11) is 0. The zero-order valence-corrected chi connectivity index (χ0v) is 28.0. The van der Waals surface area contributed by atoms with E-state index in [0.717, 1.165) is 51.4 Å². The van der Waals surface area contributed by atoms with Crippen LogP contribution in [0.15, 0.2) is 11.6 Å². The fourth-order valence-corrected chi connectivity index (χ4v) is 12.0. The summed E-state index contributed by atoms with van der Waals surface area (Å²) in [6.07, 6.45) is 4.05. The van der Waals surface area contributed by atoms with E-state index in [2.05, 4.69) is 54.5 Å². The quantitative estimate of drug-likeness (QED) is 0.231. The number of fused-ring (bicyclic) bond motifs is 7. The Hall–Kier alpha value is -1.03. The first-order valence-electron chi connectivity index (χ1n) is 17.3. The lowest BCUT2D eigenvalue weighted by atomic mass is 9.33. The van der Waals surface area contributed by atoms with Gasteiger partial charge in [0.15, 0.2) is 0 Å². The second-order valence-corrected chi connectivity index (χ2v) is 17.8. The molecule has 1 heterocycles. The van der Waals surface area contributed by atoms with Gasteiger partial charge in [-0.25, -0.2) is 0 Å². The molecule has 0 bridgehead atoms. The first-order valence-corrected chi connectivity index (χ1v) is 17.3. The van der Waals surface area contributed by atoms with Crippen molar-refractivity contribution >= 4 is 5.97 Å². The normalized spacial score (nSPS) is 52.8. The molecule has 5 N–H and O–H groups in total. The molecule has 0 unspecified atom stereocenters. The fraction of sp³-hybridized carbons (Fsp3) is 0.917. The summed E-state index contributed by atoms with van der Waals surface area (Å²) in [5, 5.41) is 52.0. The number of aliphatic hydroxyl groups excluding tert-OH is 5. The van der Waals surface area contributed by atoms with Crippen molar-refractivity contribution < 1.29 is 39.8 Å². The van der Waals surface area contributed by atoms with E-state index in [4.69, 9.17) is 9.47 Å². The Bertz CT molecular complexity index is 1180. The van der Waals surface area contributed by atoms with Gasteiger partial charge in [-0.1, -0.05) is 60.1 Å². The van der Waals surface area contributed by atoms with Crippen LogP contribution in [0, 0.1) is 50.2 Å². The molecule has 5 fully saturated rings. The van der Waals surface area contributed by atoms with Crippen molar-refractivity contribution in [1.82, 2.24) is 0 Å². The fourth-order valence-electron chi connectivity index (χ4n) is 12.0.